The maximum Gasteiger partial charge on any atom is 0.154 e. The van der Waals surface area contributed by atoms with Crippen LogP contribution in [0, 0.1) is 23.7 Å². The van der Waals surface area contributed by atoms with E-state index in [-0.39, 0.29) is 35.7 Å². The Kier molecular flexibility index (Phi) is 10.9. The molecular weight excluding hydrogens is 352 g/mol. The van der Waals surface area contributed by atoms with Gasteiger partial charge < -0.3 is 15.4 Å². The number of ketones is 2. The molecule has 2 N–H and O–H groups in total. The van der Waals surface area contributed by atoms with Crippen molar-refractivity contribution in [2.45, 2.75) is 98.8 Å². The van der Waals surface area contributed by atoms with Gasteiger partial charge in [0.15, 0.2) is 11.6 Å². The van der Waals surface area contributed by atoms with Crippen molar-refractivity contribution < 1.29 is 14.3 Å². The van der Waals surface area contributed by atoms with Crippen molar-refractivity contribution >= 4 is 11.6 Å². The smallest absolute Gasteiger partial charge is 0.154 e. The molecule has 0 aromatic rings. The minimum Gasteiger partial charge on any atom is -0.379 e. The van der Waals surface area contributed by atoms with E-state index < -0.39 is 0 Å². The molecule has 0 aromatic carbocycles. The maximum absolute atomic E-state index is 12.7. The molecule has 0 aliphatic heterocycles. The quantitative estimate of drug-likeness (QED) is 0.498. The number of nitrogens with one attached hydrogen (secondary N) is 2. The Labute approximate surface area is 172 Å². The molecule has 164 valence electrons. The summed E-state index contributed by atoms with van der Waals surface area (Å²) < 4.78 is 5.75. The van der Waals surface area contributed by atoms with E-state index in [1.165, 1.54) is 0 Å². The molecule has 28 heavy (non-hydrogen) atoms. The third kappa shape index (κ3) is 8.30. The summed E-state index contributed by atoms with van der Waals surface area (Å²) in [7, 11) is 0. The molecular formula is C23H44N2O3. The summed E-state index contributed by atoms with van der Waals surface area (Å²) in [6, 6.07) is 0.227. The molecule has 5 nitrogen and oxygen atoms in total. The predicted molar refractivity (Wildman–Crippen MR) is 115 cm³/mol. The second kappa shape index (κ2) is 12.0. The average molecular weight is 397 g/mol. The molecule has 0 radical (unpaired) electrons. The highest BCUT2D eigenvalue weighted by Crippen LogP contribution is 2.32. The number of hydrogen-bond donors (Lipinski definition) is 2. The van der Waals surface area contributed by atoms with Crippen LogP contribution in [0.25, 0.3) is 0 Å². The molecule has 0 heterocycles. The lowest BCUT2D eigenvalue weighted by molar-refractivity contribution is -0.126. The number of Topliss-reactive ketones (excluding diaryl/α,β-unsaturated/α-hetero) is 2. The van der Waals surface area contributed by atoms with Gasteiger partial charge in [-0.15, -0.1) is 0 Å². The summed E-state index contributed by atoms with van der Waals surface area (Å²) >= 11 is 0. The number of hydrogen-bond acceptors (Lipinski definition) is 5. The van der Waals surface area contributed by atoms with Crippen LogP contribution in [0.2, 0.25) is 0 Å². The summed E-state index contributed by atoms with van der Waals surface area (Å²) in [5, 5.41) is 6.87. The first-order valence-corrected chi connectivity index (χ1v) is 11.2. The number of rotatable bonds is 13. The molecule has 5 heteroatoms. The van der Waals surface area contributed by atoms with Gasteiger partial charge in [-0.3, -0.25) is 9.59 Å². The van der Waals surface area contributed by atoms with Crippen molar-refractivity contribution in [1.29, 1.82) is 0 Å². The highest BCUT2D eigenvalue weighted by atomic mass is 16.5. The van der Waals surface area contributed by atoms with Gasteiger partial charge in [-0.1, -0.05) is 48.5 Å². The van der Waals surface area contributed by atoms with Gasteiger partial charge in [-0.2, -0.15) is 0 Å². The van der Waals surface area contributed by atoms with Gasteiger partial charge in [0.25, 0.3) is 0 Å². The summed E-state index contributed by atoms with van der Waals surface area (Å²) in [4.78, 5) is 25.3. The van der Waals surface area contributed by atoms with E-state index in [1.807, 2.05) is 13.8 Å². The fraction of sp³-hybridized carbons (Fsp3) is 0.913. The van der Waals surface area contributed by atoms with Crippen molar-refractivity contribution in [2.75, 3.05) is 13.2 Å². The SMILES string of the molecule is CC(C)COC[C@H](N[C@@H](C)CC[C@@H]1C(=O)[C@@H](NC(C)C)C[C@@H]1C)C(=O)C(C)C. The summed E-state index contributed by atoms with van der Waals surface area (Å²) in [6.07, 6.45) is 2.70. The molecule has 1 fully saturated rings. The second-order valence-corrected chi connectivity index (χ2v) is 9.78. The van der Waals surface area contributed by atoms with E-state index in [4.69, 9.17) is 4.74 Å². The fourth-order valence-electron chi connectivity index (χ4n) is 4.06. The first-order chi connectivity index (χ1) is 13.0. The lowest BCUT2D eigenvalue weighted by Crippen LogP contribution is -2.47. The highest BCUT2D eigenvalue weighted by Gasteiger charge is 2.39. The van der Waals surface area contributed by atoms with Crippen molar-refractivity contribution in [2.24, 2.45) is 23.7 Å². The van der Waals surface area contributed by atoms with Gasteiger partial charge in [0.2, 0.25) is 0 Å². The van der Waals surface area contributed by atoms with Gasteiger partial charge in [0.05, 0.1) is 18.7 Å². The van der Waals surface area contributed by atoms with Crippen molar-refractivity contribution in [3.63, 3.8) is 0 Å². The zero-order valence-electron chi connectivity index (χ0n) is 19.4. The Balaban J connectivity index is 2.55. The highest BCUT2D eigenvalue weighted by molar-refractivity contribution is 5.88. The molecule has 0 amide bonds. The van der Waals surface area contributed by atoms with Crippen molar-refractivity contribution in [3.8, 4) is 0 Å². The lowest BCUT2D eigenvalue weighted by atomic mass is 9.90. The predicted octanol–water partition coefficient (Wildman–Crippen LogP) is 3.60. The number of carbonyl (C=O) groups excluding carboxylic acids is 2. The van der Waals surface area contributed by atoms with Crippen LogP contribution < -0.4 is 10.6 Å². The van der Waals surface area contributed by atoms with Crippen molar-refractivity contribution in [1.82, 2.24) is 10.6 Å². The summed E-state index contributed by atoms with van der Waals surface area (Å²) in [6.45, 7) is 17.6. The van der Waals surface area contributed by atoms with Crippen LogP contribution in [0.3, 0.4) is 0 Å². The van der Waals surface area contributed by atoms with Gasteiger partial charge in [-0.05, 0) is 38.0 Å². The van der Waals surface area contributed by atoms with E-state index >= 15 is 0 Å². The standard InChI is InChI=1S/C23H44N2O3/c1-14(2)12-28-13-21(22(26)15(3)4)25-18(8)9-10-19-17(7)11-20(23(19)27)24-16(5)6/h14-21,24-25H,9-13H2,1-8H3/t17-,18-,19-,20-,21-/m0/s1. The first-order valence-electron chi connectivity index (χ1n) is 11.2. The molecule has 0 saturated heterocycles. The van der Waals surface area contributed by atoms with E-state index in [1.54, 1.807) is 0 Å². The minimum atomic E-state index is -0.277. The third-order valence-corrected chi connectivity index (χ3v) is 5.58. The third-order valence-electron chi connectivity index (χ3n) is 5.58. The van der Waals surface area contributed by atoms with E-state index in [9.17, 15) is 9.59 Å². The Morgan fingerprint density at radius 1 is 1.11 bits per heavy atom. The molecule has 1 aliphatic carbocycles. The van der Waals surface area contributed by atoms with Crippen LogP contribution in [-0.2, 0) is 14.3 Å². The van der Waals surface area contributed by atoms with Crippen LogP contribution in [0.15, 0.2) is 0 Å². The normalized spacial score (nSPS) is 25.1. The zero-order chi connectivity index (χ0) is 21.4. The topological polar surface area (TPSA) is 67.4 Å². The van der Waals surface area contributed by atoms with Crippen LogP contribution in [-0.4, -0.2) is 48.9 Å². The Bertz CT molecular complexity index is 490. The van der Waals surface area contributed by atoms with Crippen molar-refractivity contribution in [3.05, 3.63) is 0 Å². The van der Waals surface area contributed by atoms with Gasteiger partial charge in [0, 0.05) is 30.5 Å². The molecule has 0 aromatic heterocycles. The molecule has 0 spiro atoms. The fourth-order valence-corrected chi connectivity index (χ4v) is 4.06. The van der Waals surface area contributed by atoms with Crippen LogP contribution >= 0.6 is 0 Å². The Morgan fingerprint density at radius 2 is 1.75 bits per heavy atom. The van der Waals surface area contributed by atoms with E-state index in [0.717, 1.165) is 19.3 Å². The Morgan fingerprint density at radius 3 is 2.29 bits per heavy atom. The summed E-state index contributed by atoms with van der Waals surface area (Å²) in [5.74, 6) is 1.53. The van der Waals surface area contributed by atoms with Gasteiger partial charge >= 0.3 is 0 Å². The average Bonchev–Trinajstić information content (AvgIpc) is 2.83. The Hall–Kier alpha value is -0.780. The molecule has 1 saturated carbocycles. The van der Waals surface area contributed by atoms with E-state index in [0.29, 0.717) is 36.9 Å². The lowest BCUT2D eigenvalue weighted by Gasteiger charge is -2.25. The molecule has 1 rings (SSSR count). The molecule has 0 bridgehead atoms. The number of carbonyl (C=O) groups is 2. The maximum atomic E-state index is 12.7. The van der Waals surface area contributed by atoms with Crippen LogP contribution in [0.1, 0.15) is 74.7 Å². The number of ether oxygens (including phenoxy) is 1. The monoisotopic (exact) mass is 396 g/mol. The van der Waals surface area contributed by atoms with Gasteiger partial charge in [0.1, 0.15) is 0 Å². The summed E-state index contributed by atoms with van der Waals surface area (Å²) in [5.41, 5.74) is 0. The van der Waals surface area contributed by atoms with Gasteiger partial charge in [-0.25, -0.2) is 0 Å². The first kappa shape index (κ1) is 25.3. The second-order valence-electron chi connectivity index (χ2n) is 9.78. The van der Waals surface area contributed by atoms with Crippen LogP contribution in [0.4, 0.5) is 0 Å². The molecule has 0 unspecified atom stereocenters. The van der Waals surface area contributed by atoms with E-state index in [2.05, 4.69) is 52.2 Å². The molecule has 5 atom stereocenters. The largest absolute Gasteiger partial charge is 0.379 e. The molecule has 1 aliphatic rings. The zero-order valence-corrected chi connectivity index (χ0v) is 19.4. The van der Waals surface area contributed by atoms with Crippen LogP contribution in [0.5, 0.6) is 0 Å². The minimum absolute atomic E-state index is 0.00275.